The standard InChI is InChI=1S/C14H16ClN3O/c15-10-4-3-9-6-13(18-12(9)7-10)14(19)17-11-2-1-5-16-8-11/h3-4,6-7,11,16,18H,1-2,5,8H2,(H,17,19)/t11-/m1/s1. The molecule has 1 amide bonds. The van der Waals surface area contributed by atoms with Crippen molar-refractivity contribution in [2.45, 2.75) is 18.9 Å². The second kappa shape index (κ2) is 5.23. The van der Waals surface area contributed by atoms with Crippen molar-refractivity contribution in [2.24, 2.45) is 0 Å². The molecule has 0 bridgehead atoms. The average Bonchev–Trinajstić information content (AvgIpc) is 2.83. The van der Waals surface area contributed by atoms with E-state index in [0.717, 1.165) is 36.8 Å². The minimum absolute atomic E-state index is 0.0546. The van der Waals surface area contributed by atoms with Crippen LogP contribution in [0.15, 0.2) is 24.3 Å². The largest absolute Gasteiger partial charge is 0.350 e. The topological polar surface area (TPSA) is 56.9 Å². The second-order valence-corrected chi connectivity index (χ2v) is 5.37. The molecule has 5 heteroatoms. The summed E-state index contributed by atoms with van der Waals surface area (Å²) >= 11 is 5.93. The first-order chi connectivity index (χ1) is 9.22. The number of benzene rings is 1. The highest BCUT2D eigenvalue weighted by atomic mass is 35.5. The summed E-state index contributed by atoms with van der Waals surface area (Å²) in [5, 5.41) is 7.99. The molecule has 1 saturated heterocycles. The van der Waals surface area contributed by atoms with Gasteiger partial charge < -0.3 is 15.6 Å². The lowest BCUT2D eigenvalue weighted by Crippen LogP contribution is -2.45. The molecule has 0 saturated carbocycles. The Hall–Kier alpha value is -1.52. The van der Waals surface area contributed by atoms with Gasteiger partial charge in [0, 0.05) is 28.5 Å². The van der Waals surface area contributed by atoms with Gasteiger partial charge in [0.1, 0.15) is 5.69 Å². The Kier molecular flexibility index (Phi) is 3.44. The number of hydrogen-bond acceptors (Lipinski definition) is 2. The second-order valence-electron chi connectivity index (χ2n) is 4.93. The molecule has 0 radical (unpaired) electrons. The summed E-state index contributed by atoms with van der Waals surface area (Å²) in [5.74, 6) is -0.0546. The van der Waals surface area contributed by atoms with Crippen LogP contribution in [0, 0.1) is 0 Å². The Morgan fingerprint density at radius 1 is 1.37 bits per heavy atom. The molecule has 2 aromatic rings. The number of rotatable bonds is 2. The van der Waals surface area contributed by atoms with Gasteiger partial charge in [-0.3, -0.25) is 4.79 Å². The van der Waals surface area contributed by atoms with Gasteiger partial charge in [-0.25, -0.2) is 0 Å². The Balaban J connectivity index is 1.77. The van der Waals surface area contributed by atoms with E-state index in [1.54, 1.807) is 0 Å². The molecule has 1 aliphatic rings. The molecule has 1 aromatic heterocycles. The third-order valence-corrected chi connectivity index (χ3v) is 3.70. The molecule has 2 heterocycles. The molecule has 4 nitrogen and oxygen atoms in total. The van der Waals surface area contributed by atoms with Gasteiger partial charge >= 0.3 is 0 Å². The summed E-state index contributed by atoms with van der Waals surface area (Å²) in [4.78, 5) is 15.3. The molecule has 3 N–H and O–H groups in total. The van der Waals surface area contributed by atoms with Crippen LogP contribution >= 0.6 is 11.6 Å². The van der Waals surface area contributed by atoms with Gasteiger partial charge in [-0.2, -0.15) is 0 Å². The summed E-state index contributed by atoms with van der Waals surface area (Å²) in [7, 11) is 0. The van der Waals surface area contributed by atoms with E-state index in [2.05, 4.69) is 15.6 Å². The van der Waals surface area contributed by atoms with Crippen LogP contribution in [-0.2, 0) is 0 Å². The SMILES string of the molecule is O=C(N[C@@H]1CCCNC1)c1cc2ccc(Cl)cc2[nH]1. The highest BCUT2D eigenvalue weighted by molar-refractivity contribution is 6.31. The van der Waals surface area contributed by atoms with Crippen LogP contribution in [0.25, 0.3) is 10.9 Å². The summed E-state index contributed by atoms with van der Waals surface area (Å²) < 4.78 is 0. The van der Waals surface area contributed by atoms with Crippen molar-refractivity contribution in [3.8, 4) is 0 Å². The number of fused-ring (bicyclic) bond motifs is 1. The first-order valence-corrected chi connectivity index (χ1v) is 6.90. The summed E-state index contributed by atoms with van der Waals surface area (Å²) in [6.07, 6.45) is 2.14. The first kappa shape index (κ1) is 12.5. The van der Waals surface area contributed by atoms with Crippen LogP contribution in [0.1, 0.15) is 23.3 Å². The fourth-order valence-corrected chi connectivity index (χ4v) is 2.63. The Morgan fingerprint density at radius 3 is 3.05 bits per heavy atom. The number of nitrogens with one attached hydrogen (secondary N) is 3. The van der Waals surface area contributed by atoms with E-state index in [1.165, 1.54) is 0 Å². The summed E-state index contributed by atoms with van der Waals surface area (Å²) in [6, 6.07) is 7.64. The minimum Gasteiger partial charge on any atom is -0.350 e. The molecule has 1 atom stereocenters. The van der Waals surface area contributed by atoms with E-state index >= 15 is 0 Å². The van der Waals surface area contributed by atoms with E-state index in [9.17, 15) is 4.79 Å². The molecule has 1 aromatic carbocycles. The van der Waals surface area contributed by atoms with Crippen LogP contribution < -0.4 is 10.6 Å². The molecule has 19 heavy (non-hydrogen) atoms. The summed E-state index contributed by atoms with van der Waals surface area (Å²) in [6.45, 7) is 1.88. The lowest BCUT2D eigenvalue weighted by Gasteiger charge is -2.23. The van der Waals surface area contributed by atoms with Gasteiger partial charge in [-0.1, -0.05) is 17.7 Å². The highest BCUT2D eigenvalue weighted by Crippen LogP contribution is 2.20. The van der Waals surface area contributed by atoms with Gasteiger partial charge in [-0.05, 0) is 37.6 Å². The smallest absolute Gasteiger partial charge is 0.267 e. The molecule has 3 rings (SSSR count). The zero-order chi connectivity index (χ0) is 13.2. The number of H-pyrrole nitrogens is 1. The monoisotopic (exact) mass is 277 g/mol. The van der Waals surface area contributed by atoms with Crippen molar-refractivity contribution >= 4 is 28.4 Å². The predicted molar refractivity (Wildman–Crippen MR) is 76.7 cm³/mol. The molecule has 1 fully saturated rings. The Morgan fingerprint density at radius 2 is 2.26 bits per heavy atom. The number of aromatic nitrogens is 1. The van der Waals surface area contributed by atoms with Crippen LogP contribution in [0.5, 0.6) is 0 Å². The quantitative estimate of drug-likeness (QED) is 0.789. The van der Waals surface area contributed by atoms with Crippen molar-refractivity contribution in [3.05, 3.63) is 35.0 Å². The molecular formula is C14H16ClN3O. The number of aromatic amines is 1. The number of amides is 1. The third-order valence-electron chi connectivity index (χ3n) is 3.46. The number of hydrogen-bond donors (Lipinski definition) is 3. The van der Waals surface area contributed by atoms with Gasteiger partial charge in [0.2, 0.25) is 0 Å². The van der Waals surface area contributed by atoms with Gasteiger partial charge in [0.15, 0.2) is 0 Å². The van der Waals surface area contributed by atoms with E-state index in [4.69, 9.17) is 11.6 Å². The molecule has 0 unspecified atom stereocenters. The van der Waals surface area contributed by atoms with Crippen LogP contribution in [-0.4, -0.2) is 30.0 Å². The lowest BCUT2D eigenvalue weighted by molar-refractivity contribution is 0.0926. The van der Waals surface area contributed by atoms with Crippen molar-refractivity contribution in [2.75, 3.05) is 13.1 Å². The summed E-state index contributed by atoms with van der Waals surface area (Å²) in [5.41, 5.74) is 1.47. The minimum atomic E-state index is -0.0546. The molecule has 100 valence electrons. The van der Waals surface area contributed by atoms with Crippen LogP contribution in [0.3, 0.4) is 0 Å². The van der Waals surface area contributed by atoms with E-state index in [-0.39, 0.29) is 11.9 Å². The van der Waals surface area contributed by atoms with E-state index in [1.807, 2.05) is 24.3 Å². The lowest BCUT2D eigenvalue weighted by atomic mass is 10.1. The maximum atomic E-state index is 12.2. The van der Waals surface area contributed by atoms with E-state index in [0.29, 0.717) is 10.7 Å². The zero-order valence-corrected chi connectivity index (χ0v) is 11.3. The van der Waals surface area contributed by atoms with Crippen molar-refractivity contribution in [1.82, 2.24) is 15.6 Å². The number of carbonyl (C=O) groups is 1. The fraction of sp³-hybridized carbons (Fsp3) is 0.357. The predicted octanol–water partition coefficient (Wildman–Crippen LogP) is 2.30. The van der Waals surface area contributed by atoms with Crippen LogP contribution in [0.4, 0.5) is 0 Å². The molecule has 1 aliphatic heterocycles. The number of carbonyl (C=O) groups excluding carboxylic acids is 1. The average molecular weight is 278 g/mol. The van der Waals surface area contributed by atoms with Gasteiger partial charge in [0.25, 0.3) is 5.91 Å². The zero-order valence-electron chi connectivity index (χ0n) is 10.5. The first-order valence-electron chi connectivity index (χ1n) is 6.52. The maximum absolute atomic E-state index is 12.2. The van der Waals surface area contributed by atoms with E-state index < -0.39 is 0 Å². The molecule has 0 spiro atoms. The normalized spacial score (nSPS) is 19.5. The fourth-order valence-electron chi connectivity index (χ4n) is 2.46. The van der Waals surface area contributed by atoms with Crippen LogP contribution in [0.2, 0.25) is 5.02 Å². The van der Waals surface area contributed by atoms with Gasteiger partial charge in [0.05, 0.1) is 0 Å². The van der Waals surface area contributed by atoms with Crippen molar-refractivity contribution in [3.63, 3.8) is 0 Å². The molecule has 0 aliphatic carbocycles. The number of halogens is 1. The Labute approximate surface area is 116 Å². The van der Waals surface area contributed by atoms with Crippen molar-refractivity contribution < 1.29 is 4.79 Å². The van der Waals surface area contributed by atoms with Crippen molar-refractivity contribution in [1.29, 1.82) is 0 Å². The maximum Gasteiger partial charge on any atom is 0.267 e. The highest BCUT2D eigenvalue weighted by Gasteiger charge is 2.17. The third kappa shape index (κ3) is 2.74. The number of piperidine rings is 1. The van der Waals surface area contributed by atoms with Gasteiger partial charge in [-0.15, -0.1) is 0 Å². The molecular weight excluding hydrogens is 262 g/mol. The Bertz CT molecular complexity index is 602.